The van der Waals surface area contributed by atoms with Crippen molar-refractivity contribution in [1.29, 1.82) is 0 Å². The maximum absolute atomic E-state index is 13.4. The summed E-state index contributed by atoms with van der Waals surface area (Å²) in [5, 5.41) is 12.1. The Morgan fingerprint density at radius 1 is 1.41 bits per heavy atom. The molecular formula is C16H21FN2O3. The zero-order chi connectivity index (χ0) is 15.9. The van der Waals surface area contributed by atoms with Gasteiger partial charge in [0.1, 0.15) is 5.82 Å². The van der Waals surface area contributed by atoms with E-state index in [-0.39, 0.29) is 24.8 Å². The lowest BCUT2D eigenvalue weighted by molar-refractivity contribution is -0.120. The normalized spacial score (nSPS) is 11.0. The van der Waals surface area contributed by atoms with Crippen LogP contribution >= 0.6 is 0 Å². The van der Waals surface area contributed by atoms with Gasteiger partial charge in [-0.25, -0.2) is 4.39 Å². The predicted octanol–water partition coefficient (Wildman–Crippen LogP) is 1.67. The second-order valence-corrected chi connectivity index (χ2v) is 5.13. The highest BCUT2D eigenvalue weighted by molar-refractivity contribution is 5.90. The minimum atomic E-state index is -0.311. The van der Waals surface area contributed by atoms with Crippen molar-refractivity contribution in [3.8, 4) is 0 Å². The number of fused-ring (bicyclic) bond motifs is 1. The van der Waals surface area contributed by atoms with Crippen molar-refractivity contribution in [2.75, 3.05) is 26.4 Å². The molecule has 120 valence electrons. The van der Waals surface area contributed by atoms with Gasteiger partial charge < -0.3 is 20.1 Å². The maximum Gasteiger partial charge on any atom is 0.224 e. The fraction of sp³-hybridized carbons (Fsp3) is 0.438. The average Bonchev–Trinajstić information content (AvgIpc) is 2.79. The smallest absolute Gasteiger partial charge is 0.224 e. The summed E-state index contributed by atoms with van der Waals surface area (Å²) < 4.78 is 18.5. The molecule has 0 saturated carbocycles. The molecule has 2 aromatic rings. The maximum atomic E-state index is 13.4. The van der Waals surface area contributed by atoms with E-state index in [4.69, 9.17) is 9.84 Å². The lowest BCUT2D eigenvalue weighted by Crippen LogP contribution is -2.27. The zero-order valence-electron chi connectivity index (χ0n) is 12.6. The second-order valence-electron chi connectivity index (χ2n) is 5.13. The molecule has 1 aromatic carbocycles. The van der Waals surface area contributed by atoms with Gasteiger partial charge in [0.15, 0.2) is 0 Å². The van der Waals surface area contributed by atoms with Crippen LogP contribution in [0.15, 0.2) is 18.2 Å². The highest BCUT2D eigenvalue weighted by Gasteiger charge is 2.12. The number of aromatic nitrogens is 1. The summed E-state index contributed by atoms with van der Waals surface area (Å²) in [5.74, 6) is -0.412. The van der Waals surface area contributed by atoms with Crippen molar-refractivity contribution in [1.82, 2.24) is 10.3 Å². The average molecular weight is 308 g/mol. The van der Waals surface area contributed by atoms with Crippen LogP contribution in [0.2, 0.25) is 0 Å². The summed E-state index contributed by atoms with van der Waals surface area (Å²) in [4.78, 5) is 15.1. The van der Waals surface area contributed by atoms with E-state index in [1.54, 1.807) is 6.07 Å². The third-order valence-corrected chi connectivity index (χ3v) is 3.44. The summed E-state index contributed by atoms with van der Waals surface area (Å²) in [5.41, 5.74) is 2.53. The number of carbonyl (C=O) groups is 1. The summed E-state index contributed by atoms with van der Waals surface area (Å²) >= 11 is 0. The Morgan fingerprint density at radius 3 is 3.00 bits per heavy atom. The van der Waals surface area contributed by atoms with Gasteiger partial charge in [0.2, 0.25) is 5.91 Å². The summed E-state index contributed by atoms with van der Waals surface area (Å²) in [7, 11) is 0. The topological polar surface area (TPSA) is 74.4 Å². The number of rotatable bonds is 8. The van der Waals surface area contributed by atoms with Crippen LogP contribution in [0.1, 0.15) is 17.7 Å². The SMILES string of the molecule is Cc1[nH]c2ccc(F)cc2c1CC(=O)NCCCOCCO. The van der Waals surface area contributed by atoms with Crippen LogP contribution < -0.4 is 5.32 Å². The minimum absolute atomic E-state index is 0.00274. The number of aliphatic hydroxyl groups excluding tert-OH is 1. The third kappa shape index (κ3) is 4.29. The number of hydrogen-bond donors (Lipinski definition) is 3. The van der Waals surface area contributed by atoms with Gasteiger partial charge in [-0.1, -0.05) is 0 Å². The van der Waals surface area contributed by atoms with Crippen LogP contribution in [0.3, 0.4) is 0 Å². The van der Waals surface area contributed by atoms with E-state index in [0.717, 1.165) is 22.2 Å². The number of ether oxygens (including phenoxy) is 1. The molecule has 5 nitrogen and oxygen atoms in total. The number of carbonyl (C=O) groups excluding carboxylic acids is 1. The first-order valence-corrected chi connectivity index (χ1v) is 7.34. The number of amides is 1. The molecule has 0 unspecified atom stereocenters. The first kappa shape index (κ1) is 16.5. The minimum Gasteiger partial charge on any atom is -0.394 e. The monoisotopic (exact) mass is 308 g/mol. The number of halogens is 1. The number of aryl methyl sites for hydroxylation is 1. The molecule has 0 aliphatic rings. The van der Waals surface area contributed by atoms with Gasteiger partial charge in [0, 0.05) is 29.7 Å². The van der Waals surface area contributed by atoms with E-state index in [1.807, 2.05) is 6.92 Å². The van der Waals surface area contributed by atoms with Crippen LogP contribution in [-0.2, 0) is 16.0 Å². The molecule has 1 heterocycles. The van der Waals surface area contributed by atoms with E-state index < -0.39 is 0 Å². The lowest BCUT2D eigenvalue weighted by Gasteiger charge is -2.06. The van der Waals surface area contributed by atoms with E-state index >= 15 is 0 Å². The number of aliphatic hydroxyl groups is 1. The van der Waals surface area contributed by atoms with Crippen molar-refractivity contribution in [3.05, 3.63) is 35.3 Å². The molecule has 2 rings (SSSR count). The summed E-state index contributed by atoms with van der Waals surface area (Å²) in [6.45, 7) is 3.21. The first-order chi connectivity index (χ1) is 10.6. The van der Waals surface area contributed by atoms with Crippen molar-refractivity contribution in [2.45, 2.75) is 19.8 Å². The van der Waals surface area contributed by atoms with Gasteiger partial charge in [0.05, 0.1) is 19.6 Å². The number of benzene rings is 1. The van der Waals surface area contributed by atoms with Gasteiger partial charge >= 0.3 is 0 Å². The van der Waals surface area contributed by atoms with Gasteiger partial charge in [0.25, 0.3) is 0 Å². The molecule has 0 aliphatic heterocycles. The molecule has 0 spiro atoms. The van der Waals surface area contributed by atoms with Crippen molar-refractivity contribution >= 4 is 16.8 Å². The zero-order valence-corrected chi connectivity index (χ0v) is 12.6. The third-order valence-electron chi connectivity index (χ3n) is 3.44. The van der Waals surface area contributed by atoms with Crippen LogP contribution in [0.5, 0.6) is 0 Å². The quantitative estimate of drug-likeness (QED) is 0.650. The molecule has 22 heavy (non-hydrogen) atoms. The van der Waals surface area contributed by atoms with Crippen molar-refractivity contribution in [3.63, 3.8) is 0 Å². The van der Waals surface area contributed by atoms with Crippen molar-refractivity contribution in [2.24, 2.45) is 0 Å². The molecule has 0 fully saturated rings. The van der Waals surface area contributed by atoms with Gasteiger partial charge in [-0.05, 0) is 37.1 Å². The Hall–Kier alpha value is -1.92. The Morgan fingerprint density at radius 2 is 2.23 bits per heavy atom. The summed E-state index contributed by atoms with van der Waals surface area (Å²) in [6.07, 6.45) is 0.903. The molecule has 0 radical (unpaired) electrons. The molecule has 0 aliphatic carbocycles. The van der Waals surface area contributed by atoms with Crippen LogP contribution in [0, 0.1) is 12.7 Å². The molecule has 1 aromatic heterocycles. The molecule has 0 atom stereocenters. The fourth-order valence-corrected chi connectivity index (χ4v) is 2.37. The molecule has 6 heteroatoms. The van der Waals surface area contributed by atoms with Crippen LogP contribution in [0.4, 0.5) is 4.39 Å². The van der Waals surface area contributed by atoms with Crippen molar-refractivity contribution < 1.29 is 19.0 Å². The number of aromatic amines is 1. The van der Waals surface area contributed by atoms with Crippen LogP contribution in [-0.4, -0.2) is 42.4 Å². The van der Waals surface area contributed by atoms with E-state index in [9.17, 15) is 9.18 Å². The molecule has 3 N–H and O–H groups in total. The molecule has 0 bridgehead atoms. The van der Waals surface area contributed by atoms with Gasteiger partial charge in [-0.2, -0.15) is 0 Å². The Labute approximate surface area is 128 Å². The van der Waals surface area contributed by atoms with Gasteiger partial charge in [-0.15, -0.1) is 0 Å². The Bertz CT molecular complexity index is 640. The van der Waals surface area contributed by atoms with Crippen LogP contribution in [0.25, 0.3) is 10.9 Å². The predicted molar refractivity (Wildman–Crippen MR) is 82.2 cm³/mol. The van der Waals surface area contributed by atoms with E-state index in [2.05, 4.69) is 10.3 Å². The molecular weight excluding hydrogens is 287 g/mol. The number of H-pyrrole nitrogens is 1. The largest absolute Gasteiger partial charge is 0.394 e. The summed E-state index contributed by atoms with van der Waals surface area (Å²) in [6, 6.07) is 4.52. The fourth-order valence-electron chi connectivity index (χ4n) is 2.37. The van der Waals surface area contributed by atoms with E-state index in [1.165, 1.54) is 12.1 Å². The van der Waals surface area contributed by atoms with E-state index in [0.29, 0.717) is 26.2 Å². The molecule has 1 amide bonds. The van der Waals surface area contributed by atoms with Gasteiger partial charge in [-0.3, -0.25) is 4.79 Å². The lowest BCUT2D eigenvalue weighted by atomic mass is 10.1. The Balaban J connectivity index is 1.89. The Kier molecular flexibility index (Phi) is 5.91. The molecule has 0 saturated heterocycles. The first-order valence-electron chi connectivity index (χ1n) is 7.34. The standard InChI is InChI=1S/C16H21FN2O3/c1-11-13(14-9-12(17)3-4-15(14)19-11)10-16(21)18-5-2-7-22-8-6-20/h3-4,9,19-20H,2,5-8,10H2,1H3,(H,18,21). The highest BCUT2D eigenvalue weighted by Crippen LogP contribution is 2.23. The number of nitrogens with one attached hydrogen (secondary N) is 2. The number of hydrogen-bond acceptors (Lipinski definition) is 3. The second kappa shape index (κ2) is 7.91. The highest BCUT2D eigenvalue weighted by atomic mass is 19.1.